The maximum atomic E-state index is 15.9. The Morgan fingerprint density at radius 2 is 0.743 bits per heavy atom. The summed E-state index contributed by atoms with van der Waals surface area (Å²) in [5.41, 5.74) is -20.9. The number of rotatable bonds is 11. The van der Waals surface area contributed by atoms with Gasteiger partial charge in [0, 0.05) is 46.0 Å². The summed E-state index contributed by atoms with van der Waals surface area (Å²) in [5.74, 6) is -81.2. The van der Waals surface area contributed by atoms with Gasteiger partial charge in [0.25, 0.3) is 5.79 Å². The molecule has 9 aromatic rings. The Hall–Kier alpha value is -18.5. The average Bonchev–Trinajstić information content (AvgIpc) is 0.937. The fourth-order valence-electron chi connectivity index (χ4n) is 15.5. The number of phenolic OH excluding ortho intramolecular Hbond substituents is 24. The number of aromatic hydroxyl groups is 24. The van der Waals surface area contributed by atoms with Crippen LogP contribution in [0, 0.1) is 0 Å². The topological polar surface area (TPSA) is 904 Å². The van der Waals surface area contributed by atoms with E-state index in [1.807, 2.05) is 0 Å². The third-order valence-corrected chi connectivity index (χ3v) is 22.0. The minimum Gasteiger partial charge on any atom is -0.504 e. The van der Waals surface area contributed by atoms with Gasteiger partial charge in [0.15, 0.2) is 152 Å². The molecule has 708 valence electrons. The van der Waals surface area contributed by atoms with Crippen LogP contribution in [-0.4, -0.2) is 300 Å². The molecule has 54 nitrogen and oxygen atoms in total. The standard InChI is InChI=1S/C82H56O54/c83-25-1-15(2-26(84)45(25)94)70(110)131-65-62-36(13-123-72(112)17-5-29(87)47(96)53(102)39(17)40-18(74(114)129-62)6-30(88)48(97)54(40)103)126-79(119)67(65)133-78(118)24-10-33(91)51(100)58(107)60(24)125-35-11-21-42(56(105)61(35)128-59-23(69(108)109)9-32(90)50(99)57(59)106)41-19(7-31(89)49(98)55(41)104)75(115)132-66-63-37(14-124-73(21)113)127-80(135-71(111)16-3-27(85)46(95)28(86)4-16)68(66)134-76(116)20-8-34(92)52(101)64-43(20)44-22(77(117)130-63)12-38(93)82(122,136-64)81(44,120)121/h1-12,36-37,44,62-63,65-68,79-80,83-92,94-107,119-122H,13-14H2,(H,108,109)/t36-,37-,44-,62+,63-,65-,66+,67-,68-,79-,80-,82-/m1/s1. The van der Waals surface area contributed by atoms with E-state index in [1.54, 1.807) is 0 Å². The van der Waals surface area contributed by atoms with Crippen molar-refractivity contribution in [2.45, 2.75) is 78.9 Å². The van der Waals surface area contributed by atoms with Crippen LogP contribution in [0.15, 0.2) is 78.4 Å². The van der Waals surface area contributed by atoms with E-state index in [-0.39, 0.29) is 42.5 Å². The predicted molar refractivity (Wildman–Crippen MR) is 413 cm³/mol. The highest BCUT2D eigenvalue weighted by Crippen LogP contribution is 2.63. The van der Waals surface area contributed by atoms with Crippen LogP contribution in [0.4, 0.5) is 0 Å². The minimum absolute atomic E-state index is 0.0143. The number of carboxylic acid groups (broad SMARTS) is 1. The van der Waals surface area contributed by atoms with Crippen LogP contribution < -0.4 is 14.2 Å². The average molecular weight is 1910 g/mol. The first-order chi connectivity index (χ1) is 63.9. The van der Waals surface area contributed by atoms with Gasteiger partial charge in [-0.1, -0.05) is 0 Å². The number of carbonyl (C=O) groups excluding carboxylic acids is 10. The predicted octanol–water partition coefficient (Wildman–Crippen LogP) is 0.885. The summed E-state index contributed by atoms with van der Waals surface area (Å²) in [6.45, 7) is -3.29. The molecular weight excluding hydrogens is 1850 g/mol. The Morgan fingerprint density at radius 1 is 0.353 bits per heavy atom. The molecule has 29 N–H and O–H groups in total. The highest BCUT2D eigenvalue weighted by atomic mass is 16.8. The Kier molecular flexibility index (Phi) is 21.5. The number of ether oxygens (including phenoxy) is 14. The molecule has 0 aromatic heterocycles. The second kappa shape index (κ2) is 32.2. The van der Waals surface area contributed by atoms with Crippen LogP contribution >= 0.6 is 0 Å². The highest BCUT2D eigenvalue weighted by Gasteiger charge is 2.71. The molecule has 136 heavy (non-hydrogen) atoms. The van der Waals surface area contributed by atoms with Crippen LogP contribution in [0.25, 0.3) is 22.3 Å². The summed E-state index contributed by atoms with van der Waals surface area (Å²) in [7, 11) is 0. The number of aliphatic hydroxyl groups excluding tert-OH is 1. The zero-order valence-electron chi connectivity index (χ0n) is 66.4. The minimum atomic E-state index is -4.25. The number of cyclic esters (lactones) is 2. The SMILES string of the molecule is O=C1O[C@H]2[C@@H]3OC(=O)c4cc(O)c(O)c(O)c4-c4c(cc(Oc5c(C(=O)O[C@@H]6[C@H](OC(=O)c7cc(O)c(O)c(O)c7)[C@H]7OC(=O)c8cc(O)c(O)c(O)c8-c8c(cc(O)c(O)c8O)C(=O)OC[C@H]7O[C@H]6O)cc(O)c(O)c5O)c(Oc5c(C(=O)O)cc(O)c(O)c5O)c4O)C(=O)OC[C@H]2O[C@H](OC(=O)c2cc(O)c(O)c(O)c2)[C@@H]3OC(=O)c2cc(O)c(O)c3c2[C@H]2C1=CC(=O)[C@@](O)(O3)C2(O)O. The van der Waals surface area contributed by atoms with Crippen LogP contribution in [0.5, 0.6) is 167 Å². The summed E-state index contributed by atoms with van der Waals surface area (Å²) in [6, 6.07) is 2.62. The molecule has 0 amide bonds. The van der Waals surface area contributed by atoms with Crippen molar-refractivity contribution in [3.8, 4) is 189 Å². The van der Waals surface area contributed by atoms with Gasteiger partial charge in [-0.25, -0.2) is 47.9 Å². The van der Waals surface area contributed by atoms with Crippen molar-refractivity contribution >= 4 is 65.5 Å². The second-order valence-electron chi connectivity index (χ2n) is 30.0. The fraction of sp³-hybridized carbons (Fsp3) is 0.183. The molecule has 0 radical (unpaired) electrons. The fourth-order valence-corrected chi connectivity index (χ4v) is 15.5. The number of aliphatic hydroxyl groups is 4. The van der Waals surface area contributed by atoms with Gasteiger partial charge in [0.1, 0.15) is 36.5 Å². The van der Waals surface area contributed by atoms with Crippen molar-refractivity contribution in [3.05, 3.63) is 134 Å². The van der Waals surface area contributed by atoms with E-state index < -0.39 is 408 Å². The Bertz CT molecular complexity index is 6870. The molecule has 1 aliphatic carbocycles. The van der Waals surface area contributed by atoms with Gasteiger partial charge >= 0.3 is 65.5 Å². The second-order valence-corrected chi connectivity index (χ2v) is 30.0. The molecule has 12 atom stereocenters. The number of phenols is 24. The van der Waals surface area contributed by atoms with E-state index in [2.05, 4.69) is 0 Å². The molecule has 6 heterocycles. The molecule has 9 aromatic carbocycles. The molecule has 16 rings (SSSR count). The van der Waals surface area contributed by atoms with E-state index in [1.165, 1.54) is 0 Å². The highest BCUT2D eigenvalue weighted by molar-refractivity contribution is 6.12. The first kappa shape index (κ1) is 90.8. The number of benzene rings is 9. The van der Waals surface area contributed by atoms with Gasteiger partial charge in [-0.05, 0) is 54.6 Å². The number of carbonyl (C=O) groups is 11. The van der Waals surface area contributed by atoms with E-state index in [0.29, 0.717) is 30.3 Å². The van der Waals surface area contributed by atoms with Gasteiger partial charge in [-0.2, -0.15) is 0 Å². The monoisotopic (exact) mass is 1900 g/mol. The molecule has 54 heteroatoms. The molecule has 0 unspecified atom stereocenters. The molecule has 6 bridgehead atoms. The van der Waals surface area contributed by atoms with Crippen molar-refractivity contribution in [2.24, 2.45) is 0 Å². The van der Waals surface area contributed by atoms with Crippen LogP contribution in [0.3, 0.4) is 0 Å². The van der Waals surface area contributed by atoms with Crippen molar-refractivity contribution in [1.29, 1.82) is 0 Å². The largest absolute Gasteiger partial charge is 0.504 e. The summed E-state index contributed by atoms with van der Waals surface area (Å²) in [5, 5.41) is 325. The van der Waals surface area contributed by atoms with Crippen LogP contribution in [-0.2, 0) is 61.7 Å². The summed E-state index contributed by atoms with van der Waals surface area (Å²) in [4.78, 5) is 163. The number of ketones is 1. The molecule has 0 spiro atoms. The Morgan fingerprint density at radius 3 is 1.25 bits per heavy atom. The Labute approximate surface area is 745 Å². The number of aromatic carboxylic acids is 1. The normalized spacial score (nSPS) is 22.4. The van der Waals surface area contributed by atoms with Crippen LogP contribution in [0.2, 0.25) is 0 Å². The molecule has 0 saturated carbocycles. The maximum absolute atomic E-state index is 15.9. The first-order valence-electron chi connectivity index (χ1n) is 37.8. The number of carboxylic acids is 1. The number of fused-ring (bicyclic) bond motifs is 8. The van der Waals surface area contributed by atoms with E-state index in [9.17, 15) is 177 Å². The van der Waals surface area contributed by atoms with Crippen molar-refractivity contribution in [1.82, 2.24) is 0 Å². The first-order valence-corrected chi connectivity index (χ1v) is 37.8. The molecule has 7 aliphatic rings. The smallest absolute Gasteiger partial charge is 0.342 e. The summed E-state index contributed by atoms with van der Waals surface area (Å²) >= 11 is 0. The van der Waals surface area contributed by atoms with Crippen molar-refractivity contribution in [2.75, 3.05) is 13.2 Å². The molecular formula is C82H56O54. The zero-order chi connectivity index (χ0) is 98.9. The van der Waals surface area contributed by atoms with Crippen molar-refractivity contribution < 1.29 is 267 Å². The number of hydrogen-bond donors (Lipinski definition) is 29. The van der Waals surface area contributed by atoms with E-state index >= 15 is 24.0 Å². The Balaban J connectivity index is 0.872. The zero-order valence-corrected chi connectivity index (χ0v) is 66.4. The third-order valence-electron chi connectivity index (χ3n) is 22.0. The quantitative estimate of drug-likeness (QED) is 0.0370. The number of esters is 9. The summed E-state index contributed by atoms with van der Waals surface area (Å²) in [6.07, 6.45) is -28.6. The third kappa shape index (κ3) is 14.3. The van der Waals surface area contributed by atoms with Gasteiger partial charge in [0.05, 0.1) is 50.4 Å². The van der Waals surface area contributed by atoms with Gasteiger partial charge < -0.3 is 214 Å². The van der Waals surface area contributed by atoms with E-state index in [4.69, 9.17) is 66.3 Å². The van der Waals surface area contributed by atoms with Gasteiger partial charge in [-0.15, -0.1) is 0 Å². The van der Waals surface area contributed by atoms with Gasteiger partial charge in [0.2, 0.25) is 69.9 Å². The maximum Gasteiger partial charge on any atom is 0.342 e. The number of hydrogen-bond acceptors (Lipinski definition) is 53. The van der Waals surface area contributed by atoms with Crippen molar-refractivity contribution in [3.63, 3.8) is 0 Å². The van der Waals surface area contributed by atoms with Crippen LogP contribution in [0.1, 0.15) is 105 Å². The lowest BCUT2D eigenvalue weighted by Gasteiger charge is -2.49. The lowest BCUT2D eigenvalue weighted by atomic mass is 9.70. The van der Waals surface area contributed by atoms with E-state index in [0.717, 1.165) is 0 Å². The summed E-state index contributed by atoms with van der Waals surface area (Å²) < 4.78 is 79.6. The van der Waals surface area contributed by atoms with Gasteiger partial charge in [-0.3, -0.25) is 4.79 Å². The molecule has 2 fully saturated rings. The molecule has 2 saturated heterocycles. The lowest BCUT2D eigenvalue weighted by molar-refractivity contribution is -0.339. The molecule has 6 aliphatic heterocycles. The lowest BCUT2D eigenvalue weighted by Crippen LogP contribution is -2.70.